The molecule has 3 aromatic heterocycles. The Labute approximate surface area is 221 Å². The fourth-order valence-corrected chi connectivity index (χ4v) is 4.64. The van der Waals surface area contributed by atoms with Gasteiger partial charge in [0.1, 0.15) is 17.2 Å². The minimum absolute atomic E-state index is 0.0826. The number of nitrogens with zero attached hydrogens (tertiary/aromatic N) is 7. The van der Waals surface area contributed by atoms with Gasteiger partial charge in [0.25, 0.3) is 5.91 Å². The second kappa shape index (κ2) is 10.1. The molecular weight excluding hydrogens is 519 g/mol. The van der Waals surface area contributed by atoms with Crippen molar-refractivity contribution in [2.75, 3.05) is 31.1 Å². The molecule has 4 heterocycles. The summed E-state index contributed by atoms with van der Waals surface area (Å²) < 4.78 is 40.8. The number of rotatable bonds is 4. The number of aromatic nitrogens is 5. The molecule has 8 nitrogen and oxygen atoms in total. The van der Waals surface area contributed by atoms with Crippen molar-refractivity contribution < 1.29 is 18.0 Å². The molecule has 12 heteroatoms. The van der Waals surface area contributed by atoms with Gasteiger partial charge in [0.2, 0.25) is 0 Å². The number of halogens is 4. The molecule has 0 aliphatic carbocycles. The van der Waals surface area contributed by atoms with Gasteiger partial charge in [-0.15, -0.1) is 0 Å². The van der Waals surface area contributed by atoms with Crippen molar-refractivity contribution in [3.63, 3.8) is 0 Å². The molecule has 0 unspecified atom stereocenters. The van der Waals surface area contributed by atoms with Crippen LogP contribution in [0.3, 0.4) is 0 Å². The molecule has 0 N–H and O–H groups in total. The van der Waals surface area contributed by atoms with Crippen molar-refractivity contribution in [1.29, 1.82) is 0 Å². The number of anilines is 1. The minimum Gasteiger partial charge on any atom is -0.352 e. The molecule has 5 rings (SSSR count). The molecule has 1 amide bonds. The first-order chi connectivity index (χ1) is 18.1. The second-order valence-corrected chi connectivity index (χ2v) is 9.34. The predicted octanol–water partition coefficient (Wildman–Crippen LogP) is 4.88. The zero-order valence-electron chi connectivity index (χ0n) is 20.6. The molecular formula is C26H23ClF3N7O. The Hall–Kier alpha value is -3.99. The first-order valence-corrected chi connectivity index (χ1v) is 12.2. The lowest BCUT2D eigenvalue weighted by molar-refractivity contribution is -0.137. The third kappa shape index (κ3) is 5.06. The molecule has 1 aliphatic rings. The van der Waals surface area contributed by atoms with Crippen LogP contribution in [-0.2, 0) is 13.2 Å². The zero-order chi connectivity index (χ0) is 27.0. The van der Waals surface area contributed by atoms with E-state index in [4.69, 9.17) is 16.6 Å². The summed E-state index contributed by atoms with van der Waals surface area (Å²) >= 11 is 6.42. The highest BCUT2D eigenvalue weighted by Crippen LogP contribution is 2.36. The number of carbonyl (C=O) groups excluding carboxylic acids is 1. The van der Waals surface area contributed by atoms with Crippen molar-refractivity contribution in [2.45, 2.75) is 13.1 Å². The van der Waals surface area contributed by atoms with Crippen LogP contribution in [0.5, 0.6) is 0 Å². The molecule has 0 radical (unpaired) electrons. The second-order valence-electron chi connectivity index (χ2n) is 8.93. The average molecular weight is 542 g/mol. The number of hydrogen-bond acceptors (Lipinski definition) is 6. The number of benzene rings is 1. The molecule has 0 spiro atoms. The maximum Gasteiger partial charge on any atom is 0.416 e. The lowest BCUT2D eigenvalue weighted by atomic mass is 10.0. The van der Waals surface area contributed by atoms with E-state index >= 15 is 0 Å². The molecule has 4 aromatic rings. The van der Waals surface area contributed by atoms with E-state index in [0.717, 1.165) is 17.8 Å². The molecule has 1 saturated heterocycles. The van der Waals surface area contributed by atoms with Crippen LogP contribution in [0, 0.1) is 6.92 Å². The lowest BCUT2D eigenvalue weighted by Gasteiger charge is -2.35. The van der Waals surface area contributed by atoms with E-state index < -0.39 is 11.7 Å². The molecule has 0 atom stereocenters. The standard InChI is InChI=1S/C26H23ClF3N7O/c1-16-13-21(35(2)34-16)25(38)37-11-9-36(10-12-37)22-15-32-23(17-3-5-18(6-4-17)26(28,29)30)24(33-22)19-7-8-31-14-20(19)27/h3-8,13-15H,9-12H2,1-2H3. The molecule has 196 valence electrons. The summed E-state index contributed by atoms with van der Waals surface area (Å²) in [4.78, 5) is 30.2. The molecule has 1 fully saturated rings. The van der Waals surface area contributed by atoms with Crippen LogP contribution in [0.25, 0.3) is 22.5 Å². The van der Waals surface area contributed by atoms with Crippen molar-refractivity contribution in [1.82, 2.24) is 29.6 Å². The Morgan fingerprint density at radius 2 is 1.71 bits per heavy atom. The fourth-order valence-electron chi connectivity index (χ4n) is 4.43. The summed E-state index contributed by atoms with van der Waals surface area (Å²) in [6.07, 6.45) is 0.195. The summed E-state index contributed by atoms with van der Waals surface area (Å²) in [6.45, 7) is 3.86. The number of pyridine rings is 1. The largest absolute Gasteiger partial charge is 0.416 e. The quantitative estimate of drug-likeness (QED) is 0.366. The fraction of sp³-hybridized carbons (Fsp3) is 0.269. The Morgan fingerprint density at radius 3 is 2.32 bits per heavy atom. The van der Waals surface area contributed by atoms with Crippen LogP contribution >= 0.6 is 11.6 Å². The van der Waals surface area contributed by atoms with E-state index in [-0.39, 0.29) is 5.91 Å². The van der Waals surface area contributed by atoms with Crippen molar-refractivity contribution in [3.05, 3.63) is 77.0 Å². The van der Waals surface area contributed by atoms with E-state index in [1.165, 1.54) is 18.3 Å². The van der Waals surface area contributed by atoms with Crippen molar-refractivity contribution in [2.24, 2.45) is 7.05 Å². The summed E-state index contributed by atoms with van der Waals surface area (Å²) in [5.74, 6) is 0.493. The van der Waals surface area contributed by atoms with Gasteiger partial charge in [0, 0.05) is 56.7 Å². The smallest absolute Gasteiger partial charge is 0.352 e. The van der Waals surface area contributed by atoms with Crippen LogP contribution in [0.4, 0.5) is 19.0 Å². The van der Waals surface area contributed by atoms with Crippen molar-refractivity contribution >= 4 is 23.3 Å². The lowest BCUT2D eigenvalue weighted by Crippen LogP contribution is -2.49. The van der Waals surface area contributed by atoms with E-state index in [2.05, 4.69) is 15.1 Å². The van der Waals surface area contributed by atoms with Crippen molar-refractivity contribution in [3.8, 4) is 22.5 Å². The number of hydrogen-bond donors (Lipinski definition) is 0. The summed E-state index contributed by atoms with van der Waals surface area (Å²) in [5.41, 5.74) is 2.43. The summed E-state index contributed by atoms with van der Waals surface area (Å²) in [7, 11) is 1.75. The maximum atomic E-state index is 13.1. The third-order valence-electron chi connectivity index (χ3n) is 6.38. The summed E-state index contributed by atoms with van der Waals surface area (Å²) in [5, 5.41) is 4.60. The minimum atomic E-state index is -4.44. The highest BCUT2D eigenvalue weighted by atomic mass is 35.5. The van der Waals surface area contributed by atoms with Crippen LogP contribution in [0.15, 0.2) is 55.0 Å². The summed E-state index contributed by atoms with van der Waals surface area (Å²) in [6, 6.07) is 8.23. The van der Waals surface area contributed by atoms with E-state index in [1.807, 2.05) is 11.8 Å². The average Bonchev–Trinajstić information content (AvgIpc) is 3.25. The molecule has 38 heavy (non-hydrogen) atoms. The number of aryl methyl sites for hydroxylation is 2. The molecule has 0 saturated carbocycles. The van der Waals surface area contributed by atoms with Gasteiger partial charge in [-0.2, -0.15) is 18.3 Å². The zero-order valence-corrected chi connectivity index (χ0v) is 21.3. The number of amides is 1. The van der Waals surface area contributed by atoms with Gasteiger partial charge in [-0.25, -0.2) is 4.98 Å². The topological polar surface area (TPSA) is 80.0 Å². The molecule has 1 aromatic carbocycles. The molecule has 0 bridgehead atoms. The normalized spacial score (nSPS) is 14.2. The Kier molecular flexibility index (Phi) is 6.78. The third-order valence-corrected chi connectivity index (χ3v) is 6.69. The maximum absolute atomic E-state index is 13.1. The van der Waals surface area contributed by atoms with Crippen LogP contribution in [-0.4, -0.2) is 61.7 Å². The predicted molar refractivity (Wildman–Crippen MR) is 137 cm³/mol. The Bertz CT molecular complexity index is 1480. The van der Waals surface area contributed by atoms with Crippen LogP contribution < -0.4 is 4.90 Å². The Morgan fingerprint density at radius 1 is 1.00 bits per heavy atom. The van der Waals surface area contributed by atoms with Gasteiger partial charge in [-0.1, -0.05) is 23.7 Å². The van der Waals surface area contributed by atoms with Gasteiger partial charge < -0.3 is 9.80 Å². The van der Waals surface area contributed by atoms with E-state index in [0.29, 0.717) is 65.2 Å². The van der Waals surface area contributed by atoms with Gasteiger partial charge >= 0.3 is 6.18 Å². The Balaban J connectivity index is 1.43. The van der Waals surface area contributed by atoms with E-state index in [9.17, 15) is 18.0 Å². The highest BCUT2D eigenvalue weighted by Gasteiger charge is 2.30. The van der Waals surface area contributed by atoms with Gasteiger partial charge in [-0.3, -0.25) is 19.4 Å². The van der Waals surface area contributed by atoms with Gasteiger partial charge in [0.05, 0.1) is 28.2 Å². The highest BCUT2D eigenvalue weighted by molar-refractivity contribution is 6.33. The molecule has 1 aliphatic heterocycles. The van der Waals surface area contributed by atoms with Gasteiger partial charge in [0.15, 0.2) is 0 Å². The monoisotopic (exact) mass is 541 g/mol. The number of carbonyl (C=O) groups is 1. The van der Waals surface area contributed by atoms with Gasteiger partial charge in [-0.05, 0) is 31.2 Å². The first kappa shape index (κ1) is 25.7. The van der Waals surface area contributed by atoms with E-state index in [1.54, 1.807) is 41.2 Å². The number of piperazine rings is 1. The van der Waals surface area contributed by atoms with Crippen LogP contribution in [0.2, 0.25) is 5.02 Å². The first-order valence-electron chi connectivity index (χ1n) is 11.8. The number of alkyl halides is 3. The SMILES string of the molecule is Cc1cc(C(=O)N2CCN(c3cnc(-c4ccc(C(F)(F)F)cc4)c(-c4ccncc4Cl)n3)CC2)n(C)n1. The van der Waals surface area contributed by atoms with Crippen LogP contribution in [0.1, 0.15) is 21.7 Å².